The first-order valence-electron chi connectivity index (χ1n) is 10.4. The maximum Gasteiger partial charge on any atom is 0.231 e. The lowest BCUT2D eigenvalue weighted by Crippen LogP contribution is -2.39. The number of Topliss-reactive ketones (excluding diaryl/α,β-unsaturated/α-hetero) is 1. The quantitative estimate of drug-likeness (QED) is 0.507. The minimum atomic E-state index is -0.361. The van der Waals surface area contributed by atoms with Gasteiger partial charge in [-0.15, -0.1) is 11.3 Å². The molecule has 0 aliphatic carbocycles. The van der Waals surface area contributed by atoms with E-state index in [4.69, 9.17) is 4.52 Å². The monoisotopic (exact) mass is 441 g/mol. The van der Waals surface area contributed by atoms with Gasteiger partial charge in [-0.3, -0.25) is 9.59 Å². The summed E-state index contributed by atoms with van der Waals surface area (Å²) in [4.78, 5) is 33.5. The summed E-state index contributed by atoms with van der Waals surface area (Å²) in [5.74, 6) is 0.348. The molecule has 8 heteroatoms. The summed E-state index contributed by atoms with van der Waals surface area (Å²) >= 11 is 1.60. The molecule has 1 unspecified atom stereocenters. The molecule has 3 aromatic rings. The number of carbonyl (C=O) groups is 2. The third-order valence-electron chi connectivity index (χ3n) is 5.56. The normalized spacial score (nSPS) is 16.5. The Morgan fingerprint density at radius 1 is 1.26 bits per heavy atom. The molecule has 2 aromatic heterocycles. The number of thiophene rings is 1. The Morgan fingerprint density at radius 3 is 2.84 bits per heavy atom. The number of ketones is 1. The van der Waals surface area contributed by atoms with E-state index in [1.165, 1.54) is 12.1 Å². The van der Waals surface area contributed by atoms with E-state index in [-0.39, 0.29) is 36.3 Å². The first kappa shape index (κ1) is 21.4. The average molecular weight is 442 g/mol. The molecule has 1 aromatic carbocycles. The molecule has 6 nitrogen and oxygen atoms in total. The van der Waals surface area contributed by atoms with E-state index in [0.29, 0.717) is 30.4 Å². The van der Waals surface area contributed by atoms with Crippen LogP contribution in [0.5, 0.6) is 0 Å². The van der Waals surface area contributed by atoms with Crippen molar-refractivity contribution in [1.82, 2.24) is 15.0 Å². The SMILES string of the molecule is Cc1cc(C(=O)CCC(=O)N2CCCC(c3nc(-c4cccc(F)c4)no3)C2)c(C)s1. The molecular formula is C23H24FN3O3S. The summed E-state index contributed by atoms with van der Waals surface area (Å²) in [6.07, 6.45) is 2.06. The van der Waals surface area contributed by atoms with Gasteiger partial charge >= 0.3 is 0 Å². The van der Waals surface area contributed by atoms with Gasteiger partial charge in [0.05, 0.1) is 5.92 Å². The molecule has 1 fully saturated rings. The Labute approximate surface area is 184 Å². The number of rotatable bonds is 6. The van der Waals surface area contributed by atoms with E-state index >= 15 is 0 Å². The Balaban J connectivity index is 1.36. The Kier molecular flexibility index (Phi) is 6.27. The smallest absolute Gasteiger partial charge is 0.231 e. The Morgan fingerprint density at radius 2 is 2.10 bits per heavy atom. The zero-order valence-corrected chi connectivity index (χ0v) is 18.4. The van der Waals surface area contributed by atoms with Crippen LogP contribution >= 0.6 is 11.3 Å². The van der Waals surface area contributed by atoms with Crippen molar-refractivity contribution < 1.29 is 18.5 Å². The fourth-order valence-corrected chi connectivity index (χ4v) is 4.91. The Hall–Kier alpha value is -2.87. The standard InChI is InChI=1S/C23H24FN3O3S/c1-14-11-19(15(2)31-14)20(28)8-9-21(29)27-10-4-6-17(13-27)23-25-22(26-30-23)16-5-3-7-18(24)12-16/h3,5,7,11-12,17H,4,6,8-10,13H2,1-2H3. The van der Waals surface area contributed by atoms with Gasteiger partial charge in [-0.05, 0) is 44.9 Å². The van der Waals surface area contributed by atoms with Crippen molar-refractivity contribution in [3.8, 4) is 11.4 Å². The number of amides is 1. The third kappa shape index (κ3) is 4.90. The summed E-state index contributed by atoms with van der Waals surface area (Å²) < 4.78 is 18.9. The second kappa shape index (κ2) is 9.09. The van der Waals surface area contributed by atoms with Gasteiger partial charge < -0.3 is 9.42 Å². The van der Waals surface area contributed by atoms with Crippen LogP contribution in [0, 0.1) is 19.7 Å². The van der Waals surface area contributed by atoms with Crippen LogP contribution in [0.4, 0.5) is 4.39 Å². The minimum Gasteiger partial charge on any atom is -0.342 e. The largest absolute Gasteiger partial charge is 0.342 e. The maximum absolute atomic E-state index is 13.5. The highest BCUT2D eigenvalue weighted by atomic mass is 32.1. The zero-order valence-electron chi connectivity index (χ0n) is 17.6. The lowest BCUT2D eigenvalue weighted by molar-refractivity contribution is -0.132. The Bertz CT molecular complexity index is 1110. The topological polar surface area (TPSA) is 76.3 Å². The molecule has 1 amide bonds. The van der Waals surface area contributed by atoms with E-state index in [0.717, 1.165) is 28.2 Å². The summed E-state index contributed by atoms with van der Waals surface area (Å²) in [5.41, 5.74) is 1.28. The summed E-state index contributed by atoms with van der Waals surface area (Å²) in [7, 11) is 0. The molecule has 1 atom stereocenters. The molecule has 0 N–H and O–H groups in total. The number of aryl methyl sites for hydroxylation is 2. The van der Waals surface area contributed by atoms with E-state index in [1.54, 1.807) is 28.4 Å². The van der Waals surface area contributed by atoms with Gasteiger partial charge in [0.1, 0.15) is 5.82 Å². The zero-order chi connectivity index (χ0) is 22.0. The van der Waals surface area contributed by atoms with Gasteiger partial charge in [0, 0.05) is 46.8 Å². The summed E-state index contributed by atoms with van der Waals surface area (Å²) in [6.45, 7) is 5.05. The molecule has 162 valence electrons. The number of piperidine rings is 1. The third-order valence-corrected chi connectivity index (χ3v) is 6.52. The number of benzene rings is 1. The van der Waals surface area contributed by atoms with Gasteiger partial charge in [-0.1, -0.05) is 17.3 Å². The van der Waals surface area contributed by atoms with E-state index < -0.39 is 0 Å². The number of likely N-dealkylation sites (tertiary alicyclic amines) is 1. The molecular weight excluding hydrogens is 417 g/mol. The number of hydrogen-bond donors (Lipinski definition) is 0. The van der Waals surface area contributed by atoms with Crippen molar-refractivity contribution >= 4 is 23.0 Å². The summed E-state index contributed by atoms with van der Waals surface area (Å²) in [6, 6.07) is 7.94. The van der Waals surface area contributed by atoms with E-state index in [2.05, 4.69) is 10.1 Å². The number of halogens is 1. The minimum absolute atomic E-state index is 0.0143. The number of aromatic nitrogens is 2. The van der Waals surface area contributed by atoms with Crippen molar-refractivity contribution in [3.63, 3.8) is 0 Å². The maximum atomic E-state index is 13.5. The van der Waals surface area contributed by atoms with Crippen molar-refractivity contribution in [2.75, 3.05) is 13.1 Å². The highest BCUT2D eigenvalue weighted by Gasteiger charge is 2.29. The van der Waals surface area contributed by atoms with E-state index in [9.17, 15) is 14.0 Å². The second-order valence-electron chi connectivity index (χ2n) is 7.90. The van der Waals surface area contributed by atoms with Crippen molar-refractivity contribution in [1.29, 1.82) is 0 Å². The van der Waals surface area contributed by atoms with Crippen LogP contribution in [-0.2, 0) is 4.79 Å². The fraction of sp³-hybridized carbons (Fsp3) is 0.391. The van der Waals surface area contributed by atoms with Gasteiger partial charge in [0.2, 0.25) is 17.6 Å². The number of nitrogens with zero attached hydrogens (tertiary/aromatic N) is 3. The summed E-state index contributed by atoms with van der Waals surface area (Å²) in [5, 5.41) is 3.98. The lowest BCUT2D eigenvalue weighted by Gasteiger charge is -2.31. The van der Waals surface area contributed by atoms with Gasteiger partial charge in [0.25, 0.3) is 0 Å². The molecule has 3 heterocycles. The van der Waals surface area contributed by atoms with Crippen molar-refractivity contribution in [3.05, 3.63) is 57.4 Å². The van der Waals surface area contributed by atoms with E-state index in [1.807, 2.05) is 19.9 Å². The molecule has 0 saturated carbocycles. The first-order valence-corrected chi connectivity index (χ1v) is 11.2. The predicted octanol–water partition coefficient (Wildman–Crippen LogP) is 4.92. The van der Waals surface area contributed by atoms with Crippen molar-refractivity contribution in [2.24, 2.45) is 0 Å². The first-order chi connectivity index (χ1) is 14.9. The molecule has 0 spiro atoms. The van der Waals surface area contributed by atoms with Crippen LogP contribution in [0.25, 0.3) is 11.4 Å². The molecule has 0 bridgehead atoms. The van der Waals surface area contributed by atoms with Crippen molar-refractivity contribution in [2.45, 2.75) is 45.4 Å². The molecule has 1 aliphatic heterocycles. The van der Waals surface area contributed by atoms with Crippen LogP contribution < -0.4 is 0 Å². The highest BCUT2D eigenvalue weighted by molar-refractivity contribution is 7.12. The fourth-order valence-electron chi connectivity index (χ4n) is 3.97. The van der Waals surface area contributed by atoms with Gasteiger partial charge in [0.15, 0.2) is 5.78 Å². The van der Waals surface area contributed by atoms with Crippen LogP contribution in [0.2, 0.25) is 0 Å². The molecule has 4 rings (SSSR count). The van der Waals surface area contributed by atoms with Crippen LogP contribution in [-0.4, -0.2) is 39.8 Å². The van der Waals surface area contributed by atoms with Crippen LogP contribution in [0.15, 0.2) is 34.9 Å². The van der Waals surface area contributed by atoms with Crippen LogP contribution in [0.3, 0.4) is 0 Å². The molecule has 0 radical (unpaired) electrons. The molecule has 31 heavy (non-hydrogen) atoms. The van der Waals surface area contributed by atoms with Gasteiger partial charge in [-0.25, -0.2) is 4.39 Å². The lowest BCUT2D eigenvalue weighted by atomic mass is 9.97. The van der Waals surface area contributed by atoms with Gasteiger partial charge in [-0.2, -0.15) is 4.98 Å². The number of carbonyl (C=O) groups excluding carboxylic acids is 2. The molecule has 1 saturated heterocycles. The number of hydrogen-bond acceptors (Lipinski definition) is 6. The second-order valence-corrected chi connectivity index (χ2v) is 9.36. The average Bonchev–Trinajstić information content (AvgIpc) is 3.38. The van der Waals surface area contributed by atoms with Crippen LogP contribution in [0.1, 0.15) is 57.6 Å². The predicted molar refractivity (Wildman–Crippen MR) is 116 cm³/mol. The highest BCUT2D eigenvalue weighted by Crippen LogP contribution is 2.28. The molecule has 1 aliphatic rings.